The molecule has 9 atom stereocenters. The number of ether oxygens (including phenoxy) is 4. The van der Waals surface area contributed by atoms with Crippen molar-refractivity contribution in [3.05, 3.63) is 95.7 Å². The Labute approximate surface area is 431 Å². The van der Waals surface area contributed by atoms with E-state index < -0.39 is 83.7 Å². The molecule has 4 unspecified atom stereocenters. The van der Waals surface area contributed by atoms with Crippen LogP contribution in [0.4, 0.5) is 5.82 Å². The summed E-state index contributed by atoms with van der Waals surface area (Å²) in [5.41, 5.74) is 4.58. The minimum atomic E-state index is -5.45. The number of nitrogens with two attached hydrogens (primary N) is 1. The Bertz CT molecular complexity index is 2080. The van der Waals surface area contributed by atoms with E-state index in [1.807, 2.05) is 0 Å². The molecule has 0 aromatic carbocycles. The van der Waals surface area contributed by atoms with E-state index in [1.165, 1.54) is 44.6 Å². The number of carbonyl (C=O) groups is 2. The molecule has 1 aromatic rings. The predicted octanol–water partition coefficient (Wildman–Crippen LogP) is 9.88. The second kappa shape index (κ2) is 37.0. The van der Waals surface area contributed by atoms with Crippen molar-refractivity contribution in [3.63, 3.8) is 0 Å². The van der Waals surface area contributed by atoms with E-state index in [0.29, 0.717) is 19.3 Å². The number of hydrogen-bond donors (Lipinski definition) is 5. The summed E-state index contributed by atoms with van der Waals surface area (Å²) in [5.74, 6) is -1.41. The van der Waals surface area contributed by atoms with Crippen molar-refractivity contribution in [1.29, 1.82) is 0 Å². The van der Waals surface area contributed by atoms with Crippen molar-refractivity contribution in [3.8, 4) is 0 Å². The van der Waals surface area contributed by atoms with Gasteiger partial charge in [-0.25, -0.2) is 13.9 Å². The molecule has 19 nitrogen and oxygen atoms in total. The van der Waals surface area contributed by atoms with Gasteiger partial charge in [0.25, 0.3) is 0 Å². The lowest BCUT2D eigenvalue weighted by Gasteiger charge is -2.21. The van der Waals surface area contributed by atoms with Crippen LogP contribution in [0.25, 0.3) is 0 Å². The van der Waals surface area contributed by atoms with Crippen molar-refractivity contribution < 1.29 is 71.0 Å². The molecule has 412 valence electrons. The van der Waals surface area contributed by atoms with Crippen molar-refractivity contribution in [2.45, 2.75) is 198 Å². The average molecular weight is 1070 g/mol. The Balaban J connectivity index is 1.42. The van der Waals surface area contributed by atoms with Gasteiger partial charge in [-0.2, -0.15) is 9.29 Å². The summed E-state index contributed by atoms with van der Waals surface area (Å²) < 4.78 is 62.6. The molecule has 3 rings (SSSR count). The van der Waals surface area contributed by atoms with Crippen LogP contribution in [0, 0.1) is 0 Å². The normalized spacial score (nSPS) is 22.3. The number of phosphoric ester groups is 2. The van der Waals surface area contributed by atoms with Crippen LogP contribution in [0.15, 0.2) is 90.0 Å². The van der Waals surface area contributed by atoms with Gasteiger partial charge in [0.15, 0.2) is 12.3 Å². The number of rotatable bonds is 41. The molecule has 73 heavy (non-hydrogen) atoms. The Morgan fingerprint density at radius 1 is 0.685 bits per heavy atom. The fourth-order valence-electron chi connectivity index (χ4n) is 7.52. The summed E-state index contributed by atoms with van der Waals surface area (Å²) in [4.78, 5) is 62.1. The molecule has 0 aliphatic carbocycles. The second-order valence-corrected chi connectivity index (χ2v) is 21.1. The Morgan fingerprint density at radius 2 is 1.23 bits per heavy atom. The van der Waals surface area contributed by atoms with Crippen LogP contribution in [0.3, 0.4) is 0 Å². The summed E-state index contributed by atoms with van der Waals surface area (Å²) >= 11 is 0. The highest BCUT2D eigenvalue weighted by molar-refractivity contribution is 7.61. The van der Waals surface area contributed by atoms with Crippen LogP contribution in [-0.2, 0) is 51.0 Å². The zero-order valence-electron chi connectivity index (χ0n) is 42.9. The maximum absolute atomic E-state index is 12.9. The number of unbranched alkanes of at least 4 members (excludes halogenated alkanes) is 10. The molecule has 2 fully saturated rings. The SMILES string of the molecule is CCCCC/C=C\C/C=C\C/C=C\CCCCCCC(=O)O[C@H](COC(=O)CCCC1OC1C/C=C\C/C=C\C/C=C\CCCCC)COP(=O)(O)OP(=O)(O)OC[C@H]1O[C@@H](n2ccc(N)nc2=O)[C@H](O)[C@@H]1O. The van der Waals surface area contributed by atoms with Crippen LogP contribution in [0.1, 0.15) is 161 Å². The van der Waals surface area contributed by atoms with Crippen LogP contribution in [0.5, 0.6) is 0 Å². The zero-order chi connectivity index (χ0) is 53.2. The van der Waals surface area contributed by atoms with E-state index in [2.05, 4.69) is 96.1 Å². The van der Waals surface area contributed by atoms with Gasteiger partial charge in [0.05, 0.1) is 25.4 Å². The first-order chi connectivity index (χ1) is 35.1. The second-order valence-electron chi connectivity index (χ2n) is 18.1. The fraction of sp³-hybridized carbons (Fsp3) is 0.654. The molecule has 0 saturated carbocycles. The third kappa shape index (κ3) is 29.2. The molecule has 0 radical (unpaired) electrons. The number of aliphatic hydroxyl groups is 2. The van der Waals surface area contributed by atoms with Gasteiger partial charge in [-0.3, -0.25) is 23.2 Å². The molecule has 2 saturated heterocycles. The molecule has 0 amide bonds. The smallest absolute Gasteiger partial charge is 0.462 e. The number of allylic oxidation sites excluding steroid dienone is 11. The van der Waals surface area contributed by atoms with Crippen LogP contribution in [0.2, 0.25) is 0 Å². The molecular weight excluding hydrogens is 985 g/mol. The van der Waals surface area contributed by atoms with E-state index in [1.54, 1.807) is 0 Å². The molecule has 2 aliphatic rings. The Kier molecular flexibility index (Phi) is 32.2. The van der Waals surface area contributed by atoms with Gasteiger partial charge in [0.1, 0.15) is 30.7 Å². The van der Waals surface area contributed by atoms with Crippen molar-refractivity contribution >= 4 is 33.4 Å². The number of esters is 2. The summed E-state index contributed by atoms with van der Waals surface area (Å²) in [5, 5.41) is 20.9. The van der Waals surface area contributed by atoms with Crippen molar-refractivity contribution in [1.82, 2.24) is 9.55 Å². The Hall–Kier alpha value is -3.84. The maximum atomic E-state index is 12.9. The number of nitrogen functional groups attached to an aromatic ring is 1. The average Bonchev–Trinajstić information content (AvgIpc) is 4.04. The van der Waals surface area contributed by atoms with Crippen LogP contribution < -0.4 is 11.4 Å². The number of carbonyl (C=O) groups excluding carboxylic acids is 2. The topological polar surface area (TPSA) is 278 Å². The van der Waals surface area contributed by atoms with Crippen molar-refractivity contribution in [2.75, 3.05) is 25.6 Å². The van der Waals surface area contributed by atoms with E-state index in [-0.39, 0.29) is 30.9 Å². The summed E-state index contributed by atoms with van der Waals surface area (Å²) in [6.07, 6.45) is 38.5. The largest absolute Gasteiger partial charge is 0.481 e. The van der Waals surface area contributed by atoms with Gasteiger partial charge in [-0.15, -0.1) is 0 Å². The minimum absolute atomic E-state index is 0.00448. The first-order valence-electron chi connectivity index (χ1n) is 26.1. The third-order valence-electron chi connectivity index (χ3n) is 11.7. The number of phosphoric acid groups is 2. The van der Waals surface area contributed by atoms with E-state index >= 15 is 0 Å². The molecule has 1 aromatic heterocycles. The zero-order valence-corrected chi connectivity index (χ0v) is 44.6. The molecule has 6 N–H and O–H groups in total. The summed E-state index contributed by atoms with van der Waals surface area (Å²) in [7, 11) is -10.9. The highest BCUT2D eigenvalue weighted by atomic mass is 31.3. The van der Waals surface area contributed by atoms with E-state index in [9.17, 15) is 43.5 Å². The van der Waals surface area contributed by atoms with Gasteiger partial charge >= 0.3 is 33.3 Å². The molecule has 3 heterocycles. The highest BCUT2D eigenvalue weighted by Gasteiger charge is 2.46. The number of aliphatic hydroxyl groups excluding tert-OH is 2. The molecule has 0 bridgehead atoms. The first kappa shape index (κ1) is 63.5. The molecule has 2 aliphatic heterocycles. The van der Waals surface area contributed by atoms with Gasteiger partial charge in [0, 0.05) is 19.0 Å². The predicted molar refractivity (Wildman–Crippen MR) is 279 cm³/mol. The lowest BCUT2D eigenvalue weighted by atomic mass is 10.1. The maximum Gasteiger partial charge on any atom is 0.481 e. The number of aromatic nitrogens is 2. The monoisotopic (exact) mass is 1070 g/mol. The van der Waals surface area contributed by atoms with Gasteiger partial charge in [-0.05, 0) is 96.0 Å². The quantitative estimate of drug-likeness (QED) is 0.0134. The standard InChI is InChI=1S/C52H83N3O16P2/c1-3-5-7-9-11-13-15-17-18-19-20-21-23-25-27-29-31-35-48(57)68-42(39-65-47(56)36-32-34-44-43(69-44)33-30-28-26-24-22-16-14-12-10-8-6-4-2)40-66-72(61,62)71-73(63,64)67-41-45-49(58)50(59)51(70-45)55-38-37-46(53)54-52(55)60/h11-14,17-18,20-22,24,28,30,37-38,42-45,49-51,58-59H,3-10,15-16,19,23,25-27,29,31-36,39-41H2,1-2H3,(H,61,62)(H,63,64)(H2,53,54,60)/b13-11-,14-12-,18-17-,21-20-,24-22-,30-28-/t42-,43?,44?,45-,49-,50-,51-/m1/s1. The van der Waals surface area contributed by atoms with Gasteiger partial charge in [0.2, 0.25) is 0 Å². The Morgan fingerprint density at radius 3 is 1.84 bits per heavy atom. The summed E-state index contributed by atoms with van der Waals surface area (Å²) in [6.45, 7) is 2.00. The lowest BCUT2D eigenvalue weighted by molar-refractivity contribution is -0.161. The molecular formula is C52H83N3O16P2. The van der Waals surface area contributed by atoms with E-state index in [0.717, 1.165) is 81.4 Å². The van der Waals surface area contributed by atoms with Crippen LogP contribution >= 0.6 is 15.6 Å². The molecule has 0 spiro atoms. The number of anilines is 1. The van der Waals surface area contributed by atoms with Gasteiger partial charge in [-0.1, -0.05) is 125 Å². The van der Waals surface area contributed by atoms with Crippen LogP contribution in [-0.4, -0.2) is 97.9 Å². The highest BCUT2D eigenvalue weighted by Crippen LogP contribution is 2.60. The minimum Gasteiger partial charge on any atom is -0.462 e. The van der Waals surface area contributed by atoms with Crippen molar-refractivity contribution in [2.24, 2.45) is 0 Å². The third-order valence-corrected chi connectivity index (χ3v) is 14.3. The molecule has 21 heteroatoms. The number of nitrogens with zero attached hydrogens (tertiary/aromatic N) is 2. The first-order valence-corrected chi connectivity index (χ1v) is 29.1. The lowest BCUT2D eigenvalue weighted by Crippen LogP contribution is -2.36. The van der Waals surface area contributed by atoms with Gasteiger partial charge < -0.3 is 44.7 Å². The van der Waals surface area contributed by atoms with E-state index in [4.69, 9.17) is 33.7 Å². The number of epoxide rings is 1. The summed E-state index contributed by atoms with van der Waals surface area (Å²) in [6, 6.07) is 1.24. The fourth-order valence-corrected chi connectivity index (χ4v) is 9.63. The number of hydrogen-bond acceptors (Lipinski definition) is 16.